The van der Waals surface area contributed by atoms with Crippen molar-refractivity contribution in [1.82, 2.24) is 15.5 Å². The zero-order valence-electron chi connectivity index (χ0n) is 10.0. The third kappa shape index (κ3) is 4.98. The molecule has 0 aliphatic rings. The van der Waals surface area contributed by atoms with E-state index in [1.54, 1.807) is 0 Å². The standard InChI is InChI=1S/C10H12N4O5/c1-19-10(18)6-2-3-7(14-13-6)11-4-8(15)12-5-9(16)17/h2-3H,4-5H2,1H3,(H,11,14)(H,12,15)(H,16,17). The van der Waals surface area contributed by atoms with Gasteiger partial charge in [-0.25, -0.2) is 4.79 Å². The molecule has 102 valence electrons. The highest BCUT2D eigenvalue weighted by molar-refractivity contribution is 5.87. The summed E-state index contributed by atoms with van der Waals surface area (Å²) in [6.07, 6.45) is 0. The summed E-state index contributed by atoms with van der Waals surface area (Å²) in [4.78, 5) is 32.5. The molecular weight excluding hydrogens is 256 g/mol. The molecule has 0 atom stereocenters. The van der Waals surface area contributed by atoms with Crippen molar-refractivity contribution in [3.05, 3.63) is 17.8 Å². The number of aromatic nitrogens is 2. The van der Waals surface area contributed by atoms with Crippen molar-refractivity contribution in [3.8, 4) is 0 Å². The lowest BCUT2D eigenvalue weighted by atomic mass is 10.4. The van der Waals surface area contributed by atoms with Gasteiger partial charge in [-0.3, -0.25) is 9.59 Å². The molecule has 0 spiro atoms. The van der Waals surface area contributed by atoms with Gasteiger partial charge in [-0.05, 0) is 12.1 Å². The van der Waals surface area contributed by atoms with Crippen LogP contribution < -0.4 is 10.6 Å². The van der Waals surface area contributed by atoms with E-state index in [-0.39, 0.29) is 18.1 Å². The Labute approximate surface area is 108 Å². The molecule has 1 amide bonds. The molecule has 0 radical (unpaired) electrons. The Morgan fingerprint density at radius 1 is 1.26 bits per heavy atom. The van der Waals surface area contributed by atoms with Crippen LogP contribution in [0.2, 0.25) is 0 Å². The third-order valence-corrected chi connectivity index (χ3v) is 1.93. The normalized spacial score (nSPS) is 9.53. The van der Waals surface area contributed by atoms with Crippen molar-refractivity contribution in [2.24, 2.45) is 0 Å². The SMILES string of the molecule is COC(=O)c1ccc(NCC(=O)NCC(=O)O)nn1. The van der Waals surface area contributed by atoms with E-state index in [4.69, 9.17) is 5.11 Å². The lowest BCUT2D eigenvalue weighted by Gasteiger charge is -2.05. The average Bonchev–Trinajstić information content (AvgIpc) is 2.42. The first-order valence-corrected chi connectivity index (χ1v) is 5.17. The van der Waals surface area contributed by atoms with Crippen LogP contribution in [0.3, 0.4) is 0 Å². The molecule has 19 heavy (non-hydrogen) atoms. The van der Waals surface area contributed by atoms with Crippen LogP contribution in [0.1, 0.15) is 10.5 Å². The fourth-order valence-electron chi connectivity index (χ4n) is 1.05. The highest BCUT2D eigenvalue weighted by Crippen LogP contribution is 2.02. The molecule has 0 fully saturated rings. The van der Waals surface area contributed by atoms with Gasteiger partial charge in [-0.2, -0.15) is 0 Å². The van der Waals surface area contributed by atoms with Gasteiger partial charge in [-0.1, -0.05) is 0 Å². The molecule has 0 saturated carbocycles. The van der Waals surface area contributed by atoms with E-state index in [0.717, 1.165) is 0 Å². The number of methoxy groups -OCH3 is 1. The third-order valence-electron chi connectivity index (χ3n) is 1.93. The fraction of sp³-hybridized carbons (Fsp3) is 0.300. The molecule has 9 nitrogen and oxygen atoms in total. The molecule has 0 bridgehead atoms. The van der Waals surface area contributed by atoms with Crippen molar-refractivity contribution in [2.45, 2.75) is 0 Å². The van der Waals surface area contributed by atoms with E-state index >= 15 is 0 Å². The monoisotopic (exact) mass is 268 g/mol. The largest absolute Gasteiger partial charge is 0.480 e. The second-order valence-corrected chi connectivity index (χ2v) is 3.32. The van der Waals surface area contributed by atoms with Crippen molar-refractivity contribution >= 4 is 23.7 Å². The van der Waals surface area contributed by atoms with Crippen LogP contribution in [-0.4, -0.2) is 53.3 Å². The molecular formula is C10H12N4O5. The molecule has 1 heterocycles. The number of amides is 1. The molecule has 0 aliphatic carbocycles. The number of carbonyl (C=O) groups excluding carboxylic acids is 2. The zero-order valence-corrected chi connectivity index (χ0v) is 10.0. The smallest absolute Gasteiger partial charge is 0.358 e. The molecule has 0 aromatic carbocycles. The first-order valence-electron chi connectivity index (χ1n) is 5.17. The number of aliphatic carboxylic acids is 1. The summed E-state index contributed by atoms with van der Waals surface area (Å²) < 4.78 is 4.45. The lowest BCUT2D eigenvalue weighted by molar-refractivity contribution is -0.137. The van der Waals surface area contributed by atoms with E-state index in [1.807, 2.05) is 0 Å². The number of ether oxygens (including phenoxy) is 1. The molecule has 3 N–H and O–H groups in total. The summed E-state index contributed by atoms with van der Waals surface area (Å²) >= 11 is 0. The van der Waals surface area contributed by atoms with Gasteiger partial charge in [0, 0.05) is 0 Å². The number of carboxylic acids is 1. The molecule has 0 unspecified atom stereocenters. The minimum Gasteiger partial charge on any atom is -0.480 e. The first kappa shape index (κ1) is 14.4. The fourth-order valence-corrected chi connectivity index (χ4v) is 1.05. The Bertz CT molecular complexity index is 473. The second-order valence-electron chi connectivity index (χ2n) is 3.32. The average molecular weight is 268 g/mol. The Morgan fingerprint density at radius 2 is 2.00 bits per heavy atom. The topological polar surface area (TPSA) is 131 Å². The number of anilines is 1. The van der Waals surface area contributed by atoms with E-state index in [1.165, 1.54) is 19.2 Å². The number of esters is 1. The van der Waals surface area contributed by atoms with Gasteiger partial charge >= 0.3 is 11.9 Å². The minimum absolute atomic E-state index is 0.0448. The number of nitrogens with one attached hydrogen (secondary N) is 2. The lowest BCUT2D eigenvalue weighted by Crippen LogP contribution is -2.34. The van der Waals surface area contributed by atoms with Gasteiger partial charge in [0.15, 0.2) is 5.69 Å². The van der Waals surface area contributed by atoms with Gasteiger partial charge in [0.05, 0.1) is 13.7 Å². The molecule has 0 saturated heterocycles. The van der Waals surface area contributed by atoms with Crippen LogP contribution >= 0.6 is 0 Å². The Hall–Kier alpha value is -2.71. The van der Waals surface area contributed by atoms with Crippen molar-refractivity contribution in [2.75, 3.05) is 25.5 Å². The molecule has 1 aromatic heterocycles. The Balaban J connectivity index is 2.43. The molecule has 1 rings (SSSR count). The molecule has 1 aromatic rings. The maximum Gasteiger partial charge on any atom is 0.358 e. The van der Waals surface area contributed by atoms with Gasteiger partial charge in [0.1, 0.15) is 12.4 Å². The van der Waals surface area contributed by atoms with Gasteiger partial charge in [0.25, 0.3) is 0 Å². The number of carbonyl (C=O) groups is 3. The second kappa shape index (κ2) is 6.89. The number of hydrogen-bond acceptors (Lipinski definition) is 7. The number of carboxylic acid groups (broad SMARTS) is 1. The summed E-state index contributed by atoms with van der Waals surface area (Å²) in [7, 11) is 1.23. The van der Waals surface area contributed by atoms with Crippen LogP contribution in [0.15, 0.2) is 12.1 Å². The summed E-state index contributed by atoms with van der Waals surface area (Å²) in [6, 6.07) is 2.83. The number of rotatable bonds is 6. The van der Waals surface area contributed by atoms with Crippen LogP contribution in [0, 0.1) is 0 Å². The van der Waals surface area contributed by atoms with Gasteiger partial charge in [-0.15, -0.1) is 10.2 Å². The van der Waals surface area contributed by atoms with Crippen LogP contribution in [-0.2, 0) is 14.3 Å². The number of nitrogens with zero attached hydrogens (tertiary/aromatic N) is 2. The predicted molar refractivity (Wildman–Crippen MR) is 62.5 cm³/mol. The first-order chi connectivity index (χ1) is 9.02. The van der Waals surface area contributed by atoms with Gasteiger partial charge < -0.3 is 20.5 Å². The minimum atomic E-state index is -1.13. The molecule has 9 heteroatoms. The predicted octanol–water partition coefficient (Wildman–Crippen LogP) is -1.12. The maximum atomic E-state index is 11.2. The number of hydrogen-bond donors (Lipinski definition) is 3. The zero-order chi connectivity index (χ0) is 14.3. The van der Waals surface area contributed by atoms with Crippen molar-refractivity contribution in [1.29, 1.82) is 0 Å². The summed E-state index contributed by atoms with van der Waals surface area (Å²) in [5.74, 6) is -1.96. The van der Waals surface area contributed by atoms with Crippen molar-refractivity contribution in [3.63, 3.8) is 0 Å². The van der Waals surface area contributed by atoms with Crippen LogP contribution in [0.25, 0.3) is 0 Å². The van der Waals surface area contributed by atoms with E-state index in [0.29, 0.717) is 0 Å². The highest BCUT2D eigenvalue weighted by Gasteiger charge is 2.08. The van der Waals surface area contributed by atoms with E-state index in [9.17, 15) is 14.4 Å². The van der Waals surface area contributed by atoms with E-state index in [2.05, 4.69) is 25.6 Å². The van der Waals surface area contributed by atoms with Crippen molar-refractivity contribution < 1.29 is 24.2 Å². The maximum absolute atomic E-state index is 11.2. The van der Waals surface area contributed by atoms with Crippen LogP contribution in [0.4, 0.5) is 5.82 Å². The summed E-state index contributed by atoms with van der Waals surface area (Å²) in [5, 5.41) is 20.4. The Morgan fingerprint density at radius 3 is 2.53 bits per heavy atom. The summed E-state index contributed by atoms with van der Waals surface area (Å²) in [5.41, 5.74) is 0.0448. The summed E-state index contributed by atoms with van der Waals surface area (Å²) in [6.45, 7) is -0.604. The molecule has 0 aliphatic heterocycles. The van der Waals surface area contributed by atoms with E-state index < -0.39 is 24.4 Å². The van der Waals surface area contributed by atoms with Gasteiger partial charge in [0.2, 0.25) is 5.91 Å². The Kier molecular flexibility index (Phi) is 5.20. The highest BCUT2D eigenvalue weighted by atomic mass is 16.5. The quantitative estimate of drug-likeness (QED) is 0.553. The van der Waals surface area contributed by atoms with Crippen LogP contribution in [0.5, 0.6) is 0 Å².